The van der Waals surface area contributed by atoms with Crippen molar-refractivity contribution in [1.29, 1.82) is 0 Å². The Labute approximate surface area is 98.4 Å². The van der Waals surface area contributed by atoms with Crippen LogP contribution in [-0.4, -0.2) is 5.21 Å². The van der Waals surface area contributed by atoms with Crippen LogP contribution in [0.3, 0.4) is 0 Å². The maximum Gasteiger partial charge on any atom is 0.287 e. The molecule has 1 aromatic carbocycles. The molecule has 2 rings (SSSR count). The Hall–Kier alpha value is -1.88. The van der Waals surface area contributed by atoms with Gasteiger partial charge in [0, 0.05) is 5.18 Å². The number of fused-ring (bicyclic) bond motifs is 1. The molecule has 0 atom stereocenters. The normalized spacial score (nSPS) is 10.9. The molecule has 5 nitrogen and oxygen atoms in total. The van der Waals surface area contributed by atoms with Gasteiger partial charge in [0.05, 0.1) is 5.39 Å². The molecule has 0 aliphatic heterocycles. The zero-order valence-corrected chi connectivity index (χ0v) is 10.2. The molecule has 0 saturated heterocycles. The molecule has 0 amide bonds. The number of rotatable bonds is 2. The molecule has 0 aliphatic rings. The second-order valence-corrected chi connectivity index (χ2v) is 4.19. The molecule has 0 radical (unpaired) electrons. The van der Waals surface area contributed by atoms with Crippen molar-refractivity contribution < 1.29 is 9.62 Å². The first-order valence-electron chi connectivity index (χ1n) is 5.29. The van der Waals surface area contributed by atoms with Crippen LogP contribution in [0.4, 0.5) is 11.6 Å². The van der Waals surface area contributed by atoms with Crippen molar-refractivity contribution in [1.82, 2.24) is 0 Å². The van der Waals surface area contributed by atoms with Crippen molar-refractivity contribution >= 4 is 22.5 Å². The molecule has 17 heavy (non-hydrogen) atoms. The predicted octanol–water partition coefficient (Wildman–Crippen LogP) is 3.87. The van der Waals surface area contributed by atoms with Crippen molar-refractivity contribution in [2.45, 2.75) is 27.7 Å². The van der Waals surface area contributed by atoms with Crippen LogP contribution in [0.25, 0.3) is 11.0 Å². The third-order valence-electron chi connectivity index (χ3n) is 3.49. The first kappa shape index (κ1) is 11.6. The summed E-state index contributed by atoms with van der Waals surface area (Å²) in [4.78, 5) is 10.7. The number of anilines is 1. The lowest BCUT2D eigenvalue weighted by molar-refractivity contribution is 0.389. The highest BCUT2D eigenvalue weighted by Gasteiger charge is 2.20. The van der Waals surface area contributed by atoms with E-state index in [1.165, 1.54) is 0 Å². The fraction of sp³-hybridized carbons (Fsp3) is 0.333. The van der Waals surface area contributed by atoms with E-state index in [4.69, 9.17) is 9.62 Å². The Morgan fingerprint density at radius 1 is 1.06 bits per heavy atom. The van der Waals surface area contributed by atoms with Gasteiger partial charge in [-0.3, -0.25) is 10.7 Å². The lowest BCUT2D eigenvalue weighted by atomic mass is 9.95. The van der Waals surface area contributed by atoms with Crippen LogP contribution in [0.1, 0.15) is 22.3 Å². The van der Waals surface area contributed by atoms with Crippen LogP contribution >= 0.6 is 0 Å². The van der Waals surface area contributed by atoms with Crippen LogP contribution < -0.4 is 5.48 Å². The first-order valence-corrected chi connectivity index (χ1v) is 5.29. The number of hydrogen-bond donors (Lipinski definition) is 2. The topological polar surface area (TPSA) is 74.8 Å². The summed E-state index contributed by atoms with van der Waals surface area (Å²) in [6.07, 6.45) is 0. The van der Waals surface area contributed by atoms with Gasteiger partial charge in [-0.05, 0) is 49.9 Å². The van der Waals surface area contributed by atoms with Crippen molar-refractivity contribution in [2.24, 2.45) is 5.18 Å². The molecule has 0 fully saturated rings. The zero-order chi connectivity index (χ0) is 12.7. The van der Waals surface area contributed by atoms with Crippen LogP contribution in [0.15, 0.2) is 9.59 Å². The van der Waals surface area contributed by atoms with Gasteiger partial charge in [0.1, 0.15) is 11.3 Å². The number of nitrogens with zero attached hydrogens (tertiary/aromatic N) is 1. The highest BCUT2D eigenvalue weighted by Crippen LogP contribution is 2.42. The summed E-state index contributed by atoms with van der Waals surface area (Å²) < 4.78 is 5.38. The molecule has 2 N–H and O–H groups in total. The Balaban J connectivity index is 3.03. The Kier molecular flexibility index (Phi) is 2.63. The van der Waals surface area contributed by atoms with E-state index in [2.05, 4.69) is 5.18 Å². The summed E-state index contributed by atoms with van der Waals surface area (Å²) >= 11 is 0. The van der Waals surface area contributed by atoms with Crippen molar-refractivity contribution in [3.05, 3.63) is 27.2 Å². The van der Waals surface area contributed by atoms with Crippen molar-refractivity contribution in [3.8, 4) is 0 Å². The third-order valence-corrected chi connectivity index (χ3v) is 3.49. The van der Waals surface area contributed by atoms with E-state index in [-0.39, 0.29) is 11.6 Å². The van der Waals surface area contributed by atoms with Gasteiger partial charge in [-0.2, -0.15) is 0 Å². The molecule has 1 aromatic heterocycles. The van der Waals surface area contributed by atoms with Crippen molar-refractivity contribution in [3.63, 3.8) is 0 Å². The van der Waals surface area contributed by atoms with E-state index in [1.54, 1.807) is 0 Å². The number of aryl methyl sites for hydroxylation is 2. The van der Waals surface area contributed by atoms with Crippen LogP contribution in [0.2, 0.25) is 0 Å². The molecular formula is C12H14N2O3. The van der Waals surface area contributed by atoms with E-state index >= 15 is 0 Å². The van der Waals surface area contributed by atoms with Gasteiger partial charge in [0.15, 0.2) is 0 Å². The molecular weight excluding hydrogens is 220 g/mol. The number of benzene rings is 1. The predicted molar refractivity (Wildman–Crippen MR) is 66.0 cm³/mol. The minimum Gasteiger partial charge on any atom is -0.434 e. The molecule has 0 spiro atoms. The Morgan fingerprint density at radius 3 is 2.18 bits per heavy atom. The molecule has 0 bridgehead atoms. The van der Waals surface area contributed by atoms with Crippen LogP contribution in [0.5, 0.6) is 0 Å². The highest BCUT2D eigenvalue weighted by atomic mass is 16.5. The minimum absolute atomic E-state index is 0.126. The smallest absolute Gasteiger partial charge is 0.287 e. The van der Waals surface area contributed by atoms with Gasteiger partial charge in [-0.15, -0.1) is 4.91 Å². The summed E-state index contributed by atoms with van der Waals surface area (Å²) in [7, 11) is 0. The fourth-order valence-electron chi connectivity index (χ4n) is 2.13. The fourth-order valence-corrected chi connectivity index (χ4v) is 2.13. The molecule has 0 aliphatic carbocycles. The second-order valence-electron chi connectivity index (χ2n) is 4.19. The zero-order valence-electron chi connectivity index (χ0n) is 10.2. The molecule has 1 heterocycles. The average Bonchev–Trinajstić information content (AvgIpc) is 2.72. The number of furan rings is 1. The minimum atomic E-state index is -0.126. The standard InChI is InChI=1S/C12H14N2O3/c1-5-6(2)8(4)11-9(7(5)3)10(13-15)12(14-16)17-11/h13,15H,1-4H3. The molecule has 90 valence electrons. The highest BCUT2D eigenvalue weighted by molar-refractivity contribution is 6.01. The Morgan fingerprint density at radius 2 is 1.65 bits per heavy atom. The second kappa shape index (κ2) is 3.85. The number of nitrogens with one attached hydrogen (secondary N) is 1. The van der Waals surface area contributed by atoms with Gasteiger partial charge in [-0.1, -0.05) is 0 Å². The van der Waals surface area contributed by atoms with E-state index in [9.17, 15) is 4.91 Å². The summed E-state index contributed by atoms with van der Waals surface area (Å²) in [5.41, 5.74) is 6.98. The van der Waals surface area contributed by atoms with Gasteiger partial charge >= 0.3 is 0 Å². The lowest BCUT2D eigenvalue weighted by Crippen LogP contribution is -1.94. The summed E-state index contributed by atoms with van der Waals surface area (Å²) in [6, 6.07) is 0. The first-order chi connectivity index (χ1) is 8.02. The van der Waals surface area contributed by atoms with Gasteiger partial charge in [0.2, 0.25) is 0 Å². The van der Waals surface area contributed by atoms with Gasteiger partial charge in [0.25, 0.3) is 5.88 Å². The van der Waals surface area contributed by atoms with Crippen LogP contribution in [-0.2, 0) is 0 Å². The van der Waals surface area contributed by atoms with E-state index in [0.717, 1.165) is 22.3 Å². The van der Waals surface area contributed by atoms with Gasteiger partial charge in [-0.25, -0.2) is 0 Å². The molecule has 0 saturated carbocycles. The molecule has 0 unspecified atom stereocenters. The van der Waals surface area contributed by atoms with Gasteiger partial charge < -0.3 is 4.42 Å². The SMILES string of the molecule is Cc1c(C)c(C)c2c(NO)c(N=O)oc2c1C. The quantitative estimate of drug-likeness (QED) is 0.611. The van der Waals surface area contributed by atoms with E-state index < -0.39 is 0 Å². The Bertz CT molecular complexity index is 614. The molecule has 5 heteroatoms. The number of nitroso groups, excluding NO2 is 1. The van der Waals surface area contributed by atoms with Crippen molar-refractivity contribution in [2.75, 3.05) is 5.48 Å². The monoisotopic (exact) mass is 234 g/mol. The largest absolute Gasteiger partial charge is 0.434 e. The number of hydrogen-bond acceptors (Lipinski definition) is 5. The maximum absolute atomic E-state index is 10.7. The summed E-state index contributed by atoms with van der Waals surface area (Å²) in [6.45, 7) is 7.84. The summed E-state index contributed by atoms with van der Waals surface area (Å²) in [5, 5.41) is 12.6. The third kappa shape index (κ3) is 1.43. The van der Waals surface area contributed by atoms with E-state index in [0.29, 0.717) is 11.0 Å². The lowest BCUT2D eigenvalue weighted by Gasteiger charge is -2.10. The van der Waals surface area contributed by atoms with Crippen LogP contribution in [0, 0.1) is 32.6 Å². The average molecular weight is 234 g/mol. The van der Waals surface area contributed by atoms with E-state index in [1.807, 2.05) is 33.2 Å². The summed E-state index contributed by atoms with van der Waals surface area (Å²) in [5.74, 6) is -0.126. The maximum atomic E-state index is 10.7. The molecule has 2 aromatic rings.